The van der Waals surface area contributed by atoms with E-state index < -0.39 is 42.8 Å². The first kappa shape index (κ1) is 26.9. The average Bonchev–Trinajstić information content (AvgIpc) is 3.34. The minimum Gasteiger partial charge on any atom is -0.385 e. The number of hydrogen-bond donors (Lipinski definition) is 1. The molecule has 204 valence electrons. The van der Waals surface area contributed by atoms with Crippen molar-refractivity contribution in [3.8, 4) is 11.1 Å². The standard InChI is InChI=1S/C26H23ClF3N5O4/c1-38-7-5-21(25(37)33-18-4-6-35-23(10-18)31-14-32-35)34-12-16-13-39-22(26(28,29)30)8-15-2-3-17(27)9-19(15)20(16)11-24(34)36/h2-4,6,9-12,14,21-22H,5,7-8,13H2,1H3,(H,33,37). The first-order valence-electron chi connectivity index (χ1n) is 12.0. The van der Waals surface area contributed by atoms with Crippen LogP contribution in [0.4, 0.5) is 18.9 Å². The topological polar surface area (TPSA) is 99.7 Å². The number of benzene rings is 1. The third-order valence-corrected chi connectivity index (χ3v) is 6.75. The zero-order valence-electron chi connectivity index (χ0n) is 20.6. The van der Waals surface area contributed by atoms with E-state index in [9.17, 15) is 22.8 Å². The van der Waals surface area contributed by atoms with Crippen LogP contribution in [-0.2, 0) is 27.3 Å². The highest BCUT2D eigenvalue weighted by atomic mass is 35.5. The Morgan fingerprint density at radius 3 is 2.79 bits per heavy atom. The van der Waals surface area contributed by atoms with Gasteiger partial charge in [-0.2, -0.15) is 18.3 Å². The van der Waals surface area contributed by atoms with E-state index in [1.54, 1.807) is 18.3 Å². The molecule has 0 saturated carbocycles. The van der Waals surface area contributed by atoms with Gasteiger partial charge in [0, 0.05) is 67.4 Å². The van der Waals surface area contributed by atoms with Crippen LogP contribution in [0.5, 0.6) is 0 Å². The zero-order chi connectivity index (χ0) is 27.7. The molecule has 0 saturated heterocycles. The van der Waals surface area contributed by atoms with Crippen LogP contribution in [0.25, 0.3) is 16.8 Å². The first-order valence-corrected chi connectivity index (χ1v) is 12.3. The number of hydrogen-bond acceptors (Lipinski definition) is 6. The number of amides is 1. The Hall–Kier alpha value is -3.74. The van der Waals surface area contributed by atoms with Crippen LogP contribution in [0.2, 0.25) is 5.02 Å². The predicted molar refractivity (Wildman–Crippen MR) is 137 cm³/mol. The van der Waals surface area contributed by atoms with Gasteiger partial charge < -0.3 is 19.4 Å². The van der Waals surface area contributed by atoms with Crippen molar-refractivity contribution in [1.82, 2.24) is 19.2 Å². The van der Waals surface area contributed by atoms with Gasteiger partial charge in [-0.1, -0.05) is 17.7 Å². The monoisotopic (exact) mass is 561 g/mol. The number of nitrogens with zero attached hydrogens (tertiary/aromatic N) is 4. The lowest BCUT2D eigenvalue weighted by Crippen LogP contribution is -2.36. The first-order chi connectivity index (χ1) is 18.6. The molecular weight excluding hydrogens is 539 g/mol. The van der Waals surface area contributed by atoms with Crippen molar-refractivity contribution in [1.29, 1.82) is 0 Å². The number of anilines is 1. The molecule has 1 amide bonds. The Morgan fingerprint density at radius 1 is 1.23 bits per heavy atom. The van der Waals surface area contributed by atoms with Gasteiger partial charge >= 0.3 is 6.18 Å². The number of ether oxygens (including phenoxy) is 2. The van der Waals surface area contributed by atoms with Crippen molar-refractivity contribution in [3.63, 3.8) is 0 Å². The molecule has 4 aromatic rings. The molecule has 4 heterocycles. The van der Waals surface area contributed by atoms with E-state index in [4.69, 9.17) is 21.1 Å². The second kappa shape index (κ2) is 10.8. The zero-order valence-corrected chi connectivity index (χ0v) is 21.4. The molecule has 1 N–H and O–H groups in total. The van der Waals surface area contributed by atoms with Crippen LogP contribution in [0.15, 0.2) is 59.9 Å². The molecule has 5 rings (SSSR count). The molecule has 0 aliphatic carbocycles. The molecule has 0 bridgehead atoms. The number of carbonyl (C=O) groups excluding carboxylic acids is 1. The van der Waals surface area contributed by atoms with E-state index in [0.717, 1.165) is 0 Å². The van der Waals surface area contributed by atoms with Gasteiger partial charge in [-0.05, 0) is 34.9 Å². The number of halogens is 4. The number of aromatic nitrogens is 4. The Labute approximate surface area is 225 Å². The molecule has 1 aliphatic rings. The Bertz CT molecular complexity index is 1590. The highest BCUT2D eigenvalue weighted by molar-refractivity contribution is 6.30. The number of carbonyl (C=O) groups is 1. The summed E-state index contributed by atoms with van der Waals surface area (Å²) >= 11 is 6.18. The third-order valence-electron chi connectivity index (χ3n) is 6.52. The summed E-state index contributed by atoms with van der Waals surface area (Å²) in [7, 11) is 1.46. The number of pyridine rings is 2. The fourth-order valence-electron chi connectivity index (χ4n) is 4.58. The smallest absolute Gasteiger partial charge is 0.385 e. The fraction of sp³-hybridized carbons (Fsp3) is 0.308. The minimum absolute atomic E-state index is 0.128. The largest absolute Gasteiger partial charge is 0.414 e. The van der Waals surface area contributed by atoms with Crippen molar-refractivity contribution in [2.45, 2.75) is 37.8 Å². The van der Waals surface area contributed by atoms with Gasteiger partial charge in [0.05, 0.1) is 6.61 Å². The van der Waals surface area contributed by atoms with Crippen LogP contribution in [0.3, 0.4) is 0 Å². The third kappa shape index (κ3) is 5.68. The fourth-order valence-corrected chi connectivity index (χ4v) is 4.75. The van der Waals surface area contributed by atoms with E-state index in [1.165, 1.54) is 53.0 Å². The normalized spacial score (nSPS) is 16.2. The Balaban J connectivity index is 1.55. The Morgan fingerprint density at radius 2 is 2.03 bits per heavy atom. The predicted octanol–water partition coefficient (Wildman–Crippen LogP) is 4.43. The number of nitrogens with one attached hydrogen (secondary N) is 1. The van der Waals surface area contributed by atoms with E-state index >= 15 is 0 Å². The molecule has 0 radical (unpaired) electrons. The molecule has 3 aromatic heterocycles. The summed E-state index contributed by atoms with van der Waals surface area (Å²) in [5.74, 6) is -0.513. The lowest BCUT2D eigenvalue weighted by molar-refractivity contribution is -0.223. The maximum absolute atomic E-state index is 13.7. The maximum atomic E-state index is 13.7. The summed E-state index contributed by atoms with van der Waals surface area (Å²) in [6.45, 7) is -0.274. The van der Waals surface area contributed by atoms with E-state index in [1.807, 2.05) is 0 Å². The van der Waals surface area contributed by atoms with Gasteiger partial charge in [-0.15, -0.1) is 0 Å². The highest BCUT2D eigenvalue weighted by Crippen LogP contribution is 2.36. The number of alkyl halides is 3. The van der Waals surface area contributed by atoms with Crippen LogP contribution < -0.4 is 10.9 Å². The van der Waals surface area contributed by atoms with Gasteiger partial charge in [0.1, 0.15) is 12.4 Å². The molecule has 9 nitrogen and oxygen atoms in total. The number of methoxy groups -OCH3 is 1. The van der Waals surface area contributed by atoms with Gasteiger partial charge in [0.2, 0.25) is 5.91 Å². The van der Waals surface area contributed by atoms with Crippen molar-refractivity contribution in [2.75, 3.05) is 19.0 Å². The molecule has 39 heavy (non-hydrogen) atoms. The summed E-state index contributed by atoms with van der Waals surface area (Å²) < 4.78 is 54.3. The van der Waals surface area contributed by atoms with Crippen LogP contribution in [0.1, 0.15) is 23.6 Å². The van der Waals surface area contributed by atoms with Crippen molar-refractivity contribution >= 4 is 28.8 Å². The number of rotatable bonds is 6. The molecule has 0 fully saturated rings. The maximum Gasteiger partial charge on any atom is 0.414 e. The van der Waals surface area contributed by atoms with Gasteiger partial charge in [0.25, 0.3) is 5.56 Å². The van der Waals surface area contributed by atoms with Crippen LogP contribution in [0, 0.1) is 0 Å². The second-order valence-corrected chi connectivity index (χ2v) is 9.51. The highest BCUT2D eigenvalue weighted by Gasteiger charge is 2.42. The Kier molecular flexibility index (Phi) is 7.43. The van der Waals surface area contributed by atoms with Crippen LogP contribution in [-0.4, -0.2) is 51.1 Å². The van der Waals surface area contributed by atoms with E-state index in [-0.39, 0.29) is 13.0 Å². The summed E-state index contributed by atoms with van der Waals surface area (Å²) in [5.41, 5.74) is 1.90. The molecule has 13 heteroatoms. The summed E-state index contributed by atoms with van der Waals surface area (Å²) in [6, 6.07) is 8.06. The van der Waals surface area contributed by atoms with Crippen LogP contribution >= 0.6 is 11.6 Å². The lowest BCUT2D eigenvalue weighted by atomic mass is 9.92. The molecule has 1 aliphatic heterocycles. The van der Waals surface area contributed by atoms with E-state index in [2.05, 4.69) is 15.4 Å². The molecule has 1 aromatic carbocycles. The quantitative estimate of drug-likeness (QED) is 0.374. The van der Waals surface area contributed by atoms with Crippen molar-refractivity contribution in [3.05, 3.63) is 81.6 Å². The minimum atomic E-state index is -4.60. The summed E-state index contributed by atoms with van der Waals surface area (Å²) in [4.78, 5) is 30.9. The van der Waals surface area contributed by atoms with Gasteiger partial charge in [0.15, 0.2) is 11.8 Å². The molecule has 2 atom stereocenters. The molecular formula is C26H23ClF3N5O4. The van der Waals surface area contributed by atoms with Crippen molar-refractivity contribution < 1.29 is 27.4 Å². The number of fused-ring (bicyclic) bond motifs is 4. The second-order valence-electron chi connectivity index (χ2n) is 9.07. The average molecular weight is 562 g/mol. The lowest BCUT2D eigenvalue weighted by Gasteiger charge is -2.27. The van der Waals surface area contributed by atoms with Crippen molar-refractivity contribution in [2.24, 2.45) is 0 Å². The van der Waals surface area contributed by atoms with Gasteiger partial charge in [-0.3, -0.25) is 9.59 Å². The van der Waals surface area contributed by atoms with Gasteiger partial charge in [-0.25, -0.2) is 9.50 Å². The summed E-state index contributed by atoms with van der Waals surface area (Å²) in [6.07, 6.45) is -2.58. The van der Waals surface area contributed by atoms with E-state index in [0.29, 0.717) is 38.6 Å². The molecule has 2 unspecified atom stereocenters. The molecule has 0 spiro atoms. The summed E-state index contributed by atoms with van der Waals surface area (Å²) in [5, 5.41) is 7.11. The SMILES string of the molecule is COCCC(C(=O)Nc1ccn2ncnc2c1)n1cc2c(cc1=O)-c1cc(Cl)ccc1CC(C(F)(F)F)OC2.